The van der Waals surface area contributed by atoms with Crippen molar-refractivity contribution in [1.82, 2.24) is 0 Å². The Morgan fingerprint density at radius 3 is 1.69 bits per heavy atom. The molecule has 0 saturated carbocycles. The molecule has 0 aliphatic carbocycles. The first-order chi connectivity index (χ1) is 17.7. The van der Waals surface area contributed by atoms with Crippen LogP contribution in [-0.4, -0.2) is 44.2 Å². The molecule has 36 heavy (non-hydrogen) atoms. The van der Waals surface area contributed by atoms with Gasteiger partial charge in [-0.25, -0.2) is 0 Å². The van der Waals surface area contributed by atoms with Gasteiger partial charge in [0, 0.05) is 7.11 Å². The Balaban J connectivity index is 1.55. The van der Waals surface area contributed by atoms with Crippen molar-refractivity contribution in [3.05, 3.63) is 108 Å². The van der Waals surface area contributed by atoms with E-state index < -0.39 is 36.4 Å². The molecule has 7 heteroatoms. The summed E-state index contributed by atoms with van der Waals surface area (Å²) < 4.78 is 30.4. The van der Waals surface area contributed by atoms with Gasteiger partial charge in [-0.2, -0.15) is 0 Å². The van der Waals surface area contributed by atoms with Gasteiger partial charge in [-0.05, 0) is 16.7 Å². The number of rotatable bonds is 12. The molecule has 5 atom stereocenters. The van der Waals surface area contributed by atoms with Gasteiger partial charge in [-0.15, -0.1) is 0 Å². The molecule has 3 aromatic carbocycles. The van der Waals surface area contributed by atoms with Crippen molar-refractivity contribution >= 4 is 5.91 Å². The van der Waals surface area contributed by atoms with Crippen LogP contribution in [-0.2, 0) is 48.3 Å². The number of primary amides is 1. The van der Waals surface area contributed by atoms with Crippen LogP contribution in [0.5, 0.6) is 0 Å². The number of amides is 1. The predicted octanol–water partition coefficient (Wildman–Crippen LogP) is 3.85. The summed E-state index contributed by atoms with van der Waals surface area (Å²) >= 11 is 0. The van der Waals surface area contributed by atoms with Crippen molar-refractivity contribution in [2.45, 2.75) is 44.4 Å². The number of carbonyl (C=O) groups excluding carboxylic acids is 1. The van der Waals surface area contributed by atoms with Crippen LogP contribution in [0, 0.1) is 5.92 Å². The molecule has 0 bridgehead atoms. The number of methoxy groups -OCH3 is 1. The van der Waals surface area contributed by atoms with Crippen molar-refractivity contribution in [1.29, 1.82) is 0 Å². The number of carbonyl (C=O) groups is 1. The average Bonchev–Trinajstić information content (AvgIpc) is 2.92. The minimum Gasteiger partial charge on any atom is -0.374 e. The SMILES string of the molecule is CO[C@@H]1O[C@H](COCc2ccccc2)[C@@H](OCc2ccccc2)[C@H](OCc2ccccc2)[C@@H]1C(N)=O. The van der Waals surface area contributed by atoms with Crippen LogP contribution in [0.1, 0.15) is 16.7 Å². The lowest BCUT2D eigenvalue weighted by Gasteiger charge is -2.44. The molecule has 2 N–H and O–H groups in total. The largest absolute Gasteiger partial charge is 0.374 e. The lowest BCUT2D eigenvalue weighted by Crippen LogP contribution is -2.61. The first-order valence-corrected chi connectivity index (χ1v) is 12.1. The fourth-order valence-electron chi connectivity index (χ4n) is 4.34. The summed E-state index contributed by atoms with van der Waals surface area (Å²) in [6, 6.07) is 29.5. The molecule has 0 radical (unpaired) electrons. The van der Waals surface area contributed by atoms with Crippen molar-refractivity contribution in [3.8, 4) is 0 Å². The monoisotopic (exact) mass is 491 g/mol. The molecule has 1 heterocycles. The zero-order valence-corrected chi connectivity index (χ0v) is 20.4. The van der Waals surface area contributed by atoms with Gasteiger partial charge in [0.2, 0.25) is 5.91 Å². The summed E-state index contributed by atoms with van der Waals surface area (Å²) in [6.45, 7) is 1.25. The maximum atomic E-state index is 12.6. The molecule has 190 valence electrons. The fraction of sp³-hybridized carbons (Fsp3) is 0.345. The molecule has 1 amide bonds. The third-order valence-electron chi connectivity index (χ3n) is 6.17. The van der Waals surface area contributed by atoms with Gasteiger partial charge in [0.05, 0.1) is 26.4 Å². The Morgan fingerprint density at radius 1 is 0.750 bits per heavy atom. The fourth-order valence-corrected chi connectivity index (χ4v) is 4.34. The van der Waals surface area contributed by atoms with Crippen LogP contribution in [0.25, 0.3) is 0 Å². The summed E-state index contributed by atoms with van der Waals surface area (Å²) in [6.07, 6.45) is -2.74. The first kappa shape index (κ1) is 26.0. The first-order valence-electron chi connectivity index (χ1n) is 12.1. The summed E-state index contributed by atoms with van der Waals surface area (Å²) in [5.74, 6) is -1.43. The summed E-state index contributed by atoms with van der Waals surface area (Å²) in [5, 5.41) is 0. The molecule has 3 aromatic rings. The molecule has 0 aromatic heterocycles. The minimum absolute atomic E-state index is 0.227. The van der Waals surface area contributed by atoms with Crippen molar-refractivity contribution in [2.24, 2.45) is 11.7 Å². The number of nitrogens with two attached hydrogens (primary N) is 1. The van der Waals surface area contributed by atoms with E-state index in [4.69, 9.17) is 29.4 Å². The minimum atomic E-state index is -0.884. The predicted molar refractivity (Wildman–Crippen MR) is 134 cm³/mol. The summed E-state index contributed by atoms with van der Waals surface area (Å²) in [5.41, 5.74) is 8.83. The van der Waals surface area contributed by atoms with E-state index in [0.717, 1.165) is 16.7 Å². The second kappa shape index (κ2) is 13.3. The maximum Gasteiger partial charge on any atom is 0.228 e. The molecule has 0 spiro atoms. The topological polar surface area (TPSA) is 89.2 Å². The molecule has 1 aliphatic rings. The van der Waals surface area contributed by atoms with E-state index in [2.05, 4.69) is 0 Å². The number of hydrogen-bond acceptors (Lipinski definition) is 6. The Labute approximate surface area is 212 Å². The summed E-state index contributed by atoms with van der Waals surface area (Å²) in [7, 11) is 1.49. The zero-order chi connectivity index (χ0) is 25.2. The number of benzene rings is 3. The highest BCUT2D eigenvalue weighted by Crippen LogP contribution is 2.32. The van der Waals surface area contributed by atoms with Gasteiger partial charge in [0.25, 0.3) is 0 Å². The highest BCUT2D eigenvalue weighted by atomic mass is 16.7. The van der Waals surface area contributed by atoms with Gasteiger partial charge >= 0.3 is 0 Å². The smallest absolute Gasteiger partial charge is 0.228 e. The van der Waals surface area contributed by atoms with Crippen molar-refractivity contribution in [3.63, 3.8) is 0 Å². The van der Waals surface area contributed by atoms with E-state index in [1.807, 2.05) is 91.0 Å². The van der Waals surface area contributed by atoms with Crippen LogP contribution in [0.15, 0.2) is 91.0 Å². The molecule has 1 fully saturated rings. The molecule has 1 saturated heterocycles. The molecular formula is C29H33NO6. The van der Waals surface area contributed by atoms with Crippen LogP contribution in [0.2, 0.25) is 0 Å². The van der Waals surface area contributed by atoms with Gasteiger partial charge < -0.3 is 29.4 Å². The number of hydrogen-bond donors (Lipinski definition) is 1. The third kappa shape index (κ3) is 7.00. The van der Waals surface area contributed by atoms with Crippen molar-refractivity contribution in [2.75, 3.05) is 13.7 Å². The maximum absolute atomic E-state index is 12.6. The third-order valence-corrected chi connectivity index (χ3v) is 6.17. The van der Waals surface area contributed by atoms with Crippen LogP contribution in [0.3, 0.4) is 0 Å². The highest BCUT2D eigenvalue weighted by Gasteiger charge is 2.50. The molecule has 1 aliphatic heterocycles. The second-order valence-electron chi connectivity index (χ2n) is 8.73. The van der Waals surface area contributed by atoms with Gasteiger partial charge in [-0.1, -0.05) is 91.0 Å². The van der Waals surface area contributed by atoms with E-state index in [1.165, 1.54) is 7.11 Å². The van der Waals surface area contributed by atoms with E-state index >= 15 is 0 Å². The summed E-state index contributed by atoms with van der Waals surface area (Å²) in [4.78, 5) is 12.6. The molecule has 0 unspecified atom stereocenters. The van der Waals surface area contributed by atoms with Gasteiger partial charge in [0.1, 0.15) is 24.2 Å². The lowest BCUT2D eigenvalue weighted by atomic mass is 9.89. The van der Waals surface area contributed by atoms with Gasteiger partial charge in [0.15, 0.2) is 6.29 Å². The second-order valence-corrected chi connectivity index (χ2v) is 8.73. The average molecular weight is 492 g/mol. The normalized spacial score (nSPS) is 23.9. The zero-order valence-electron chi connectivity index (χ0n) is 20.4. The molecule has 4 rings (SSSR count). The Kier molecular flexibility index (Phi) is 9.61. The van der Waals surface area contributed by atoms with E-state index in [1.54, 1.807) is 0 Å². The van der Waals surface area contributed by atoms with Gasteiger partial charge in [-0.3, -0.25) is 4.79 Å². The number of ether oxygens (including phenoxy) is 5. The molecule has 7 nitrogen and oxygen atoms in total. The lowest BCUT2D eigenvalue weighted by molar-refractivity contribution is -0.293. The quantitative estimate of drug-likeness (QED) is 0.414. The van der Waals surface area contributed by atoms with Crippen LogP contribution in [0.4, 0.5) is 0 Å². The van der Waals surface area contributed by atoms with Crippen LogP contribution >= 0.6 is 0 Å². The Hall–Kier alpha value is -3.07. The van der Waals surface area contributed by atoms with E-state index in [0.29, 0.717) is 13.2 Å². The standard InChI is InChI=1S/C29H33NO6/c1-32-29-25(28(30)31)27(35-19-23-15-9-4-10-16-23)26(34-18-22-13-7-3-8-14-22)24(36-29)20-33-17-21-11-5-2-6-12-21/h2-16,24-27,29H,17-20H2,1H3,(H2,30,31)/t24-,25-,26-,27-,29-/m1/s1. The Morgan fingerprint density at radius 2 is 1.22 bits per heavy atom. The Bertz CT molecular complexity index is 1050. The molecular weight excluding hydrogens is 458 g/mol. The van der Waals surface area contributed by atoms with E-state index in [-0.39, 0.29) is 13.2 Å². The highest BCUT2D eigenvalue weighted by molar-refractivity contribution is 5.78. The van der Waals surface area contributed by atoms with E-state index in [9.17, 15) is 4.79 Å². The van der Waals surface area contributed by atoms with Crippen LogP contribution < -0.4 is 5.73 Å². The van der Waals surface area contributed by atoms with Crippen molar-refractivity contribution < 1.29 is 28.5 Å².